The van der Waals surface area contributed by atoms with Crippen molar-refractivity contribution < 1.29 is 41.0 Å². The predicted molar refractivity (Wildman–Crippen MR) is 130 cm³/mol. The molecule has 6 nitrogen and oxygen atoms in total. The topological polar surface area (TPSA) is 57.9 Å². The van der Waals surface area contributed by atoms with E-state index in [0.717, 1.165) is 24.3 Å². The number of hydrogen-bond donors (Lipinski definition) is 1. The zero-order valence-corrected chi connectivity index (χ0v) is 21.2. The van der Waals surface area contributed by atoms with Crippen LogP contribution < -0.4 is 0 Å². The van der Waals surface area contributed by atoms with Crippen LogP contribution in [0.5, 0.6) is 0 Å². The summed E-state index contributed by atoms with van der Waals surface area (Å²) in [6, 6.07) is 5.89. The number of amides is 1. The average molecular weight is 546 g/mol. The molecule has 1 fully saturated rings. The monoisotopic (exact) mass is 545 g/mol. The van der Waals surface area contributed by atoms with Gasteiger partial charge in [-0.1, -0.05) is 0 Å². The lowest BCUT2D eigenvalue weighted by Crippen LogP contribution is -2.51. The van der Waals surface area contributed by atoms with Crippen molar-refractivity contribution in [1.29, 1.82) is 0 Å². The van der Waals surface area contributed by atoms with Crippen LogP contribution in [0.1, 0.15) is 31.9 Å². The summed E-state index contributed by atoms with van der Waals surface area (Å²) in [7, 11) is 0. The van der Waals surface area contributed by atoms with E-state index < -0.39 is 41.3 Å². The third-order valence-corrected chi connectivity index (χ3v) is 6.41. The highest BCUT2D eigenvalue weighted by Crippen LogP contribution is 2.38. The normalized spacial score (nSPS) is 16.8. The summed E-state index contributed by atoms with van der Waals surface area (Å²) < 4.78 is 87.1. The van der Waals surface area contributed by atoms with E-state index >= 15 is 0 Å². The van der Waals surface area contributed by atoms with Gasteiger partial charge in [-0.25, -0.2) is 4.79 Å². The van der Waals surface area contributed by atoms with Gasteiger partial charge in [-0.2, -0.15) is 26.3 Å². The quantitative estimate of drug-likeness (QED) is 0.425. The SMILES string of the molecule is CC(C)(C)OC(=O)N1CCN(CC(O)Cn2c3ccc(C(F)(F)F)cc3c3cc(C(F)(F)F)ccc32)CC1. The maximum Gasteiger partial charge on any atom is 0.416 e. The number of β-amino-alcohol motifs (C(OH)–C–C–N with tert-alkyl or cyclic N) is 1. The standard InChI is InChI=1S/C26H29F6N3O3/c1-24(2,3)38-23(37)34-10-8-33(9-11-34)14-18(36)15-35-21-6-4-16(25(27,28)29)12-19(21)20-13-17(26(30,31)32)5-7-22(20)35/h4-7,12-13,18,36H,8-11,14-15H2,1-3H3. The number of carbonyl (C=O) groups excluding carboxylic acids is 1. The van der Waals surface area contributed by atoms with Gasteiger partial charge in [0.05, 0.1) is 23.8 Å². The van der Waals surface area contributed by atoms with Gasteiger partial charge >= 0.3 is 18.4 Å². The number of fused-ring (bicyclic) bond motifs is 3. The lowest BCUT2D eigenvalue weighted by molar-refractivity contribution is -0.138. The van der Waals surface area contributed by atoms with E-state index in [2.05, 4.69) is 0 Å². The highest BCUT2D eigenvalue weighted by Gasteiger charge is 2.33. The predicted octanol–water partition coefficient (Wildman–Crippen LogP) is 5.75. The van der Waals surface area contributed by atoms with E-state index in [4.69, 9.17) is 4.74 Å². The van der Waals surface area contributed by atoms with E-state index in [1.807, 2.05) is 4.90 Å². The number of benzene rings is 2. The van der Waals surface area contributed by atoms with Gasteiger partial charge in [0.1, 0.15) is 5.60 Å². The van der Waals surface area contributed by atoms with Gasteiger partial charge in [0.25, 0.3) is 0 Å². The molecule has 2 aromatic carbocycles. The summed E-state index contributed by atoms with van der Waals surface area (Å²) in [5.74, 6) is 0. The summed E-state index contributed by atoms with van der Waals surface area (Å²) in [4.78, 5) is 15.8. The van der Waals surface area contributed by atoms with Crippen molar-refractivity contribution in [3.05, 3.63) is 47.5 Å². The van der Waals surface area contributed by atoms with Crippen molar-refractivity contribution in [2.45, 2.75) is 51.4 Å². The largest absolute Gasteiger partial charge is 0.444 e. The molecule has 0 saturated carbocycles. The van der Waals surface area contributed by atoms with E-state index in [1.54, 1.807) is 30.2 Å². The fraction of sp³-hybridized carbons (Fsp3) is 0.500. The highest BCUT2D eigenvalue weighted by atomic mass is 19.4. The highest BCUT2D eigenvalue weighted by molar-refractivity contribution is 6.08. The first kappa shape index (κ1) is 28.0. The van der Waals surface area contributed by atoms with E-state index in [0.29, 0.717) is 37.2 Å². The molecule has 1 amide bonds. The van der Waals surface area contributed by atoms with Crippen molar-refractivity contribution in [2.75, 3.05) is 32.7 Å². The first-order valence-electron chi connectivity index (χ1n) is 12.1. The summed E-state index contributed by atoms with van der Waals surface area (Å²) in [5.41, 5.74) is -1.97. The maximum atomic E-state index is 13.4. The van der Waals surface area contributed by atoms with Crippen molar-refractivity contribution >= 4 is 27.9 Å². The minimum absolute atomic E-state index is 0.0269. The molecule has 1 atom stereocenters. The van der Waals surface area contributed by atoms with E-state index in [-0.39, 0.29) is 23.9 Å². The Labute approximate surface area is 215 Å². The zero-order valence-electron chi connectivity index (χ0n) is 21.2. The van der Waals surface area contributed by atoms with Crippen LogP contribution in [-0.4, -0.2) is 70.0 Å². The summed E-state index contributed by atoms with van der Waals surface area (Å²) >= 11 is 0. The molecule has 0 spiro atoms. The number of nitrogens with zero attached hydrogens (tertiary/aromatic N) is 3. The van der Waals surface area contributed by atoms with E-state index in [9.17, 15) is 36.2 Å². The van der Waals surface area contributed by atoms with Gasteiger partial charge in [0, 0.05) is 54.5 Å². The van der Waals surface area contributed by atoms with Crippen LogP contribution in [0.3, 0.4) is 0 Å². The van der Waals surface area contributed by atoms with Crippen LogP contribution in [0.15, 0.2) is 36.4 Å². The van der Waals surface area contributed by atoms with Crippen molar-refractivity contribution in [1.82, 2.24) is 14.4 Å². The molecule has 12 heteroatoms. The fourth-order valence-corrected chi connectivity index (χ4v) is 4.66. The first-order valence-corrected chi connectivity index (χ1v) is 12.1. The Kier molecular flexibility index (Phi) is 7.34. The maximum absolute atomic E-state index is 13.4. The molecule has 1 unspecified atom stereocenters. The zero-order chi connectivity index (χ0) is 28.0. The Morgan fingerprint density at radius 2 is 1.32 bits per heavy atom. The van der Waals surface area contributed by atoms with Crippen molar-refractivity contribution in [3.63, 3.8) is 0 Å². The molecule has 1 aliphatic heterocycles. The number of ether oxygens (including phenoxy) is 1. The molecular formula is C26H29F6N3O3. The molecule has 3 aromatic rings. The number of rotatable bonds is 4. The van der Waals surface area contributed by atoms with Crippen LogP contribution in [-0.2, 0) is 23.6 Å². The molecule has 2 heterocycles. The minimum Gasteiger partial charge on any atom is -0.444 e. The van der Waals surface area contributed by atoms with Crippen LogP contribution in [0.2, 0.25) is 0 Å². The Bertz CT molecular complexity index is 1250. The van der Waals surface area contributed by atoms with Gasteiger partial charge in [0.15, 0.2) is 0 Å². The number of aliphatic hydroxyl groups excluding tert-OH is 1. The Balaban J connectivity index is 1.55. The molecule has 0 bridgehead atoms. The fourth-order valence-electron chi connectivity index (χ4n) is 4.66. The minimum atomic E-state index is -4.66. The van der Waals surface area contributed by atoms with Crippen molar-refractivity contribution in [2.24, 2.45) is 0 Å². The number of carbonyl (C=O) groups is 1. The number of alkyl halides is 6. The molecule has 1 aromatic heterocycles. The first-order chi connectivity index (χ1) is 17.5. The Morgan fingerprint density at radius 1 is 0.842 bits per heavy atom. The Morgan fingerprint density at radius 3 is 1.74 bits per heavy atom. The second kappa shape index (κ2) is 9.96. The third-order valence-electron chi connectivity index (χ3n) is 6.41. The van der Waals surface area contributed by atoms with Gasteiger partial charge < -0.3 is 19.3 Å². The summed E-state index contributed by atoms with van der Waals surface area (Å²) in [5, 5.41) is 10.9. The van der Waals surface area contributed by atoms with E-state index in [1.165, 1.54) is 12.1 Å². The van der Waals surface area contributed by atoms with Crippen LogP contribution in [0.25, 0.3) is 21.8 Å². The molecule has 1 N–H and O–H groups in total. The second-order valence-electron chi connectivity index (χ2n) is 10.5. The molecule has 38 heavy (non-hydrogen) atoms. The molecule has 208 valence electrons. The van der Waals surface area contributed by atoms with Gasteiger partial charge in [-0.15, -0.1) is 0 Å². The van der Waals surface area contributed by atoms with Crippen LogP contribution in [0.4, 0.5) is 31.1 Å². The van der Waals surface area contributed by atoms with Gasteiger partial charge in [-0.05, 0) is 57.2 Å². The molecule has 0 aliphatic carbocycles. The van der Waals surface area contributed by atoms with Gasteiger partial charge in [0.2, 0.25) is 0 Å². The summed E-state index contributed by atoms with van der Waals surface area (Å²) in [6.45, 7) is 7.27. The van der Waals surface area contributed by atoms with Crippen LogP contribution in [0, 0.1) is 0 Å². The number of aliphatic hydroxyl groups is 1. The lowest BCUT2D eigenvalue weighted by atomic mass is 10.1. The lowest BCUT2D eigenvalue weighted by Gasteiger charge is -2.36. The number of piperazine rings is 1. The summed E-state index contributed by atoms with van der Waals surface area (Å²) in [6.07, 6.45) is -10.7. The Hall–Kier alpha value is -2.99. The van der Waals surface area contributed by atoms with Gasteiger partial charge in [-0.3, -0.25) is 4.90 Å². The third kappa shape index (κ3) is 6.17. The number of hydrogen-bond acceptors (Lipinski definition) is 4. The molecule has 4 rings (SSSR count). The smallest absolute Gasteiger partial charge is 0.416 e. The number of halogens is 6. The van der Waals surface area contributed by atoms with Crippen LogP contribution >= 0.6 is 0 Å². The second-order valence-corrected chi connectivity index (χ2v) is 10.5. The van der Waals surface area contributed by atoms with Crippen molar-refractivity contribution in [3.8, 4) is 0 Å². The molecule has 1 aliphatic rings. The average Bonchev–Trinajstić information content (AvgIpc) is 3.09. The molecule has 1 saturated heterocycles. The molecule has 0 radical (unpaired) electrons. The molecular weight excluding hydrogens is 516 g/mol. The number of aromatic nitrogens is 1.